The SMILES string of the molecule is CN(CC1CCC1)C(=O)[C@H]1CNCCO1. The number of morpholine rings is 1. The van der Waals surface area contributed by atoms with E-state index in [1.54, 1.807) is 0 Å². The van der Waals surface area contributed by atoms with E-state index in [2.05, 4.69) is 5.32 Å². The van der Waals surface area contributed by atoms with Crippen molar-refractivity contribution in [3.05, 3.63) is 0 Å². The first-order valence-corrected chi connectivity index (χ1v) is 5.84. The van der Waals surface area contributed by atoms with Crippen molar-refractivity contribution in [2.24, 2.45) is 5.92 Å². The highest BCUT2D eigenvalue weighted by Crippen LogP contribution is 2.26. The summed E-state index contributed by atoms with van der Waals surface area (Å²) in [6.07, 6.45) is 3.63. The Hall–Kier alpha value is -0.610. The van der Waals surface area contributed by atoms with Crippen molar-refractivity contribution < 1.29 is 9.53 Å². The smallest absolute Gasteiger partial charge is 0.252 e. The van der Waals surface area contributed by atoms with E-state index in [1.807, 2.05) is 11.9 Å². The largest absolute Gasteiger partial charge is 0.366 e. The van der Waals surface area contributed by atoms with Crippen LogP contribution in [-0.4, -0.2) is 50.2 Å². The van der Waals surface area contributed by atoms with Crippen LogP contribution in [0.3, 0.4) is 0 Å². The highest BCUT2D eigenvalue weighted by atomic mass is 16.5. The molecule has 1 saturated carbocycles. The van der Waals surface area contributed by atoms with Gasteiger partial charge in [0.25, 0.3) is 5.91 Å². The molecular weight excluding hydrogens is 192 g/mol. The summed E-state index contributed by atoms with van der Waals surface area (Å²) in [5.74, 6) is 0.865. The predicted molar refractivity (Wildman–Crippen MR) is 57.6 cm³/mol. The van der Waals surface area contributed by atoms with E-state index < -0.39 is 0 Å². The van der Waals surface area contributed by atoms with Crippen molar-refractivity contribution in [1.82, 2.24) is 10.2 Å². The van der Waals surface area contributed by atoms with Gasteiger partial charge in [-0.05, 0) is 18.8 Å². The van der Waals surface area contributed by atoms with Crippen LogP contribution >= 0.6 is 0 Å². The van der Waals surface area contributed by atoms with Gasteiger partial charge in [-0.25, -0.2) is 0 Å². The standard InChI is InChI=1S/C11H20N2O2/c1-13(8-9-3-2-4-9)11(14)10-7-12-5-6-15-10/h9-10,12H,2-8H2,1H3/t10-/m1/s1. The van der Waals surface area contributed by atoms with E-state index in [0.717, 1.165) is 19.0 Å². The van der Waals surface area contributed by atoms with Crippen LogP contribution in [-0.2, 0) is 9.53 Å². The van der Waals surface area contributed by atoms with Gasteiger partial charge in [0.2, 0.25) is 0 Å². The maximum Gasteiger partial charge on any atom is 0.252 e. The Morgan fingerprint density at radius 1 is 1.53 bits per heavy atom. The Labute approximate surface area is 91.0 Å². The molecule has 15 heavy (non-hydrogen) atoms. The van der Waals surface area contributed by atoms with Crippen LogP contribution in [0.5, 0.6) is 0 Å². The van der Waals surface area contributed by atoms with Crippen molar-refractivity contribution in [2.75, 3.05) is 33.3 Å². The molecule has 0 bridgehead atoms. The van der Waals surface area contributed by atoms with Gasteiger partial charge in [-0.3, -0.25) is 4.79 Å². The Balaban J connectivity index is 1.77. The Bertz CT molecular complexity index is 223. The molecule has 1 amide bonds. The van der Waals surface area contributed by atoms with E-state index in [1.165, 1.54) is 19.3 Å². The molecule has 0 aromatic carbocycles. The molecule has 1 N–H and O–H groups in total. The average molecular weight is 212 g/mol. The normalized spacial score (nSPS) is 27.1. The van der Waals surface area contributed by atoms with E-state index in [-0.39, 0.29) is 12.0 Å². The van der Waals surface area contributed by atoms with Crippen LogP contribution < -0.4 is 5.32 Å². The summed E-state index contributed by atoms with van der Waals surface area (Å²) in [7, 11) is 1.89. The lowest BCUT2D eigenvalue weighted by atomic mass is 9.85. The highest BCUT2D eigenvalue weighted by molar-refractivity contribution is 5.81. The summed E-state index contributed by atoms with van der Waals surface area (Å²) < 4.78 is 5.44. The minimum atomic E-state index is -0.260. The minimum Gasteiger partial charge on any atom is -0.366 e. The number of rotatable bonds is 3. The molecule has 2 fully saturated rings. The molecule has 0 spiro atoms. The summed E-state index contributed by atoms with van der Waals surface area (Å²) in [5, 5.41) is 3.18. The summed E-state index contributed by atoms with van der Waals surface area (Å²) >= 11 is 0. The summed E-state index contributed by atoms with van der Waals surface area (Å²) in [5.41, 5.74) is 0. The Morgan fingerprint density at radius 2 is 2.33 bits per heavy atom. The fourth-order valence-corrected chi connectivity index (χ4v) is 2.12. The van der Waals surface area contributed by atoms with E-state index >= 15 is 0 Å². The van der Waals surface area contributed by atoms with Crippen LogP contribution in [0.15, 0.2) is 0 Å². The van der Waals surface area contributed by atoms with Crippen LogP contribution in [0, 0.1) is 5.92 Å². The van der Waals surface area contributed by atoms with Gasteiger partial charge in [-0.2, -0.15) is 0 Å². The third-order valence-electron chi connectivity index (χ3n) is 3.34. The van der Waals surface area contributed by atoms with Crippen molar-refractivity contribution in [2.45, 2.75) is 25.4 Å². The molecule has 0 radical (unpaired) electrons. The number of amides is 1. The molecule has 1 aliphatic carbocycles. The van der Waals surface area contributed by atoms with Gasteiger partial charge in [0.15, 0.2) is 0 Å². The lowest BCUT2D eigenvalue weighted by Gasteiger charge is -2.33. The second-order valence-corrected chi connectivity index (χ2v) is 4.58. The van der Waals surface area contributed by atoms with Gasteiger partial charge >= 0.3 is 0 Å². The molecule has 1 atom stereocenters. The number of ether oxygens (including phenoxy) is 1. The van der Waals surface area contributed by atoms with Gasteiger partial charge in [0, 0.05) is 26.7 Å². The number of nitrogens with one attached hydrogen (secondary N) is 1. The topological polar surface area (TPSA) is 41.6 Å². The van der Waals surface area contributed by atoms with Crippen molar-refractivity contribution in [3.8, 4) is 0 Å². The summed E-state index contributed by atoms with van der Waals surface area (Å²) in [6.45, 7) is 3.07. The quantitative estimate of drug-likeness (QED) is 0.728. The molecule has 1 heterocycles. The fourth-order valence-electron chi connectivity index (χ4n) is 2.12. The number of carbonyl (C=O) groups is 1. The number of hydrogen-bond acceptors (Lipinski definition) is 3. The van der Waals surface area contributed by atoms with Crippen LogP contribution in [0.2, 0.25) is 0 Å². The van der Waals surface area contributed by atoms with Gasteiger partial charge in [-0.1, -0.05) is 6.42 Å². The fraction of sp³-hybridized carbons (Fsp3) is 0.909. The molecule has 2 aliphatic rings. The Kier molecular flexibility index (Phi) is 3.59. The summed E-state index contributed by atoms with van der Waals surface area (Å²) in [6, 6.07) is 0. The third-order valence-corrected chi connectivity index (χ3v) is 3.34. The molecule has 2 rings (SSSR count). The number of likely N-dealkylation sites (N-methyl/N-ethyl adjacent to an activating group) is 1. The molecule has 4 nitrogen and oxygen atoms in total. The zero-order valence-corrected chi connectivity index (χ0v) is 9.37. The molecular formula is C11H20N2O2. The van der Waals surface area contributed by atoms with Gasteiger partial charge in [0.05, 0.1) is 6.61 Å². The highest BCUT2D eigenvalue weighted by Gasteiger charge is 2.27. The van der Waals surface area contributed by atoms with E-state index in [9.17, 15) is 4.79 Å². The average Bonchev–Trinajstić information content (AvgIpc) is 2.23. The van der Waals surface area contributed by atoms with E-state index in [4.69, 9.17) is 4.74 Å². The van der Waals surface area contributed by atoms with Crippen LogP contribution in [0.4, 0.5) is 0 Å². The van der Waals surface area contributed by atoms with E-state index in [0.29, 0.717) is 13.2 Å². The van der Waals surface area contributed by atoms with Crippen LogP contribution in [0.25, 0.3) is 0 Å². The maximum atomic E-state index is 11.9. The van der Waals surface area contributed by atoms with Gasteiger partial charge < -0.3 is 15.0 Å². The molecule has 0 unspecified atom stereocenters. The van der Waals surface area contributed by atoms with Crippen molar-refractivity contribution in [1.29, 1.82) is 0 Å². The zero-order valence-electron chi connectivity index (χ0n) is 9.37. The van der Waals surface area contributed by atoms with Gasteiger partial charge in [0.1, 0.15) is 6.10 Å². The summed E-state index contributed by atoms with van der Waals surface area (Å²) in [4.78, 5) is 13.8. The first kappa shape index (κ1) is 10.9. The number of carbonyl (C=O) groups excluding carboxylic acids is 1. The zero-order chi connectivity index (χ0) is 10.7. The second-order valence-electron chi connectivity index (χ2n) is 4.58. The molecule has 0 aromatic rings. The number of nitrogens with zero attached hydrogens (tertiary/aromatic N) is 1. The molecule has 0 aromatic heterocycles. The first-order chi connectivity index (χ1) is 7.27. The molecule has 86 valence electrons. The predicted octanol–water partition coefficient (Wildman–Crippen LogP) is 0.233. The Morgan fingerprint density at radius 3 is 2.87 bits per heavy atom. The van der Waals surface area contributed by atoms with Crippen LogP contribution in [0.1, 0.15) is 19.3 Å². The first-order valence-electron chi connectivity index (χ1n) is 5.84. The molecule has 1 aliphatic heterocycles. The van der Waals surface area contributed by atoms with Crippen molar-refractivity contribution >= 4 is 5.91 Å². The second kappa shape index (κ2) is 4.94. The molecule has 1 saturated heterocycles. The third kappa shape index (κ3) is 2.69. The molecule has 4 heteroatoms. The lowest BCUT2D eigenvalue weighted by molar-refractivity contribution is -0.144. The monoisotopic (exact) mass is 212 g/mol. The maximum absolute atomic E-state index is 11.9. The lowest BCUT2D eigenvalue weighted by Crippen LogP contribution is -2.49. The minimum absolute atomic E-state index is 0.133. The van der Waals surface area contributed by atoms with Gasteiger partial charge in [-0.15, -0.1) is 0 Å². The van der Waals surface area contributed by atoms with Crippen molar-refractivity contribution in [3.63, 3.8) is 0 Å². The number of hydrogen-bond donors (Lipinski definition) is 1.